The van der Waals surface area contributed by atoms with Crippen LogP contribution in [0.25, 0.3) is 0 Å². The van der Waals surface area contributed by atoms with Gasteiger partial charge in [-0.05, 0) is 43.3 Å². The zero-order chi connectivity index (χ0) is 18.6. The number of aryl methyl sites for hydroxylation is 1. The van der Waals surface area contributed by atoms with Crippen LogP contribution in [0.2, 0.25) is 5.02 Å². The van der Waals surface area contributed by atoms with Crippen molar-refractivity contribution in [3.63, 3.8) is 0 Å². The van der Waals surface area contributed by atoms with Gasteiger partial charge >= 0.3 is 0 Å². The van der Waals surface area contributed by atoms with Crippen LogP contribution in [0.1, 0.15) is 29.4 Å². The number of aromatic nitrogens is 4. The quantitative estimate of drug-likeness (QED) is 0.677. The van der Waals surface area contributed by atoms with E-state index in [1.54, 1.807) is 0 Å². The minimum Gasteiger partial charge on any atom is -0.493 e. The zero-order valence-corrected chi connectivity index (χ0v) is 16.2. The summed E-state index contributed by atoms with van der Waals surface area (Å²) in [6.45, 7) is 3.67. The standard InChI is InChI=1S/C20H24ClN5O/c1-25-18(5-8-22-25)14-26-9-6-15(13-26)20-12-17(23-24-20)7-10-27-19-4-2-3-16(21)11-19/h2-5,8,11-12,15H,6-7,9-10,13-14H2,1H3,(H,23,24)/t15-/m1/s1. The molecule has 0 radical (unpaired) electrons. The summed E-state index contributed by atoms with van der Waals surface area (Å²) in [6.07, 6.45) is 3.79. The molecule has 0 amide bonds. The van der Waals surface area contributed by atoms with Crippen molar-refractivity contribution in [2.45, 2.75) is 25.3 Å². The maximum absolute atomic E-state index is 5.98. The molecule has 7 heteroatoms. The van der Waals surface area contributed by atoms with E-state index in [-0.39, 0.29) is 0 Å². The average molecular weight is 386 g/mol. The molecule has 1 saturated heterocycles. The van der Waals surface area contributed by atoms with Crippen LogP contribution < -0.4 is 4.74 Å². The number of benzene rings is 1. The molecule has 0 unspecified atom stereocenters. The molecule has 1 aliphatic rings. The van der Waals surface area contributed by atoms with Crippen molar-refractivity contribution in [1.29, 1.82) is 0 Å². The highest BCUT2D eigenvalue weighted by atomic mass is 35.5. The second-order valence-electron chi connectivity index (χ2n) is 7.04. The van der Waals surface area contributed by atoms with Gasteiger partial charge in [-0.2, -0.15) is 10.2 Å². The predicted molar refractivity (Wildman–Crippen MR) is 105 cm³/mol. The maximum Gasteiger partial charge on any atom is 0.120 e. The smallest absolute Gasteiger partial charge is 0.120 e. The predicted octanol–water partition coefficient (Wildman–Crippen LogP) is 3.41. The van der Waals surface area contributed by atoms with E-state index in [0.717, 1.165) is 49.6 Å². The lowest BCUT2D eigenvalue weighted by Gasteiger charge is -2.15. The number of H-pyrrole nitrogens is 1. The summed E-state index contributed by atoms with van der Waals surface area (Å²) < 4.78 is 7.71. The van der Waals surface area contributed by atoms with Gasteiger partial charge in [0.05, 0.1) is 18.0 Å². The Balaban J connectivity index is 1.27. The molecule has 3 aromatic rings. The van der Waals surface area contributed by atoms with Crippen LogP contribution in [0.15, 0.2) is 42.6 Å². The fourth-order valence-electron chi connectivity index (χ4n) is 3.56. The first-order chi connectivity index (χ1) is 13.2. The molecule has 0 aliphatic carbocycles. The van der Waals surface area contributed by atoms with E-state index in [4.69, 9.17) is 16.3 Å². The minimum absolute atomic E-state index is 0.483. The molecular weight excluding hydrogens is 362 g/mol. The lowest BCUT2D eigenvalue weighted by molar-refractivity contribution is 0.316. The number of nitrogens with one attached hydrogen (secondary N) is 1. The summed E-state index contributed by atoms with van der Waals surface area (Å²) in [5, 5.41) is 12.6. The summed E-state index contributed by atoms with van der Waals surface area (Å²) >= 11 is 5.98. The number of nitrogens with zero attached hydrogens (tertiary/aromatic N) is 4. The Kier molecular flexibility index (Phi) is 5.45. The summed E-state index contributed by atoms with van der Waals surface area (Å²) in [5.41, 5.74) is 3.51. The largest absolute Gasteiger partial charge is 0.493 e. The van der Waals surface area contributed by atoms with Crippen LogP contribution in [-0.2, 0) is 20.0 Å². The molecule has 3 heterocycles. The van der Waals surface area contributed by atoms with Gasteiger partial charge in [0.15, 0.2) is 0 Å². The van der Waals surface area contributed by atoms with E-state index < -0.39 is 0 Å². The van der Waals surface area contributed by atoms with E-state index >= 15 is 0 Å². The lowest BCUT2D eigenvalue weighted by Crippen LogP contribution is -2.21. The Morgan fingerprint density at radius 3 is 3.04 bits per heavy atom. The number of hydrogen-bond acceptors (Lipinski definition) is 4. The molecule has 2 aromatic heterocycles. The number of likely N-dealkylation sites (tertiary alicyclic amines) is 1. The van der Waals surface area contributed by atoms with E-state index in [2.05, 4.69) is 32.3 Å². The van der Waals surface area contributed by atoms with Crippen LogP contribution >= 0.6 is 11.6 Å². The fraction of sp³-hybridized carbons (Fsp3) is 0.400. The molecule has 1 aliphatic heterocycles. The van der Waals surface area contributed by atoms with Gasteiger partial charge in [-0.25, -0.2) is 0 Å². The Morgan fingerprint density at radius 1 is 1.30 bits per heavy atom. The van der Waals surface area contributed by atoms with Crippen molar-refractivity contribution in [3.8, 4) is 5.75 Å². The van der Waals surface area contributed by atoms with Crippen molar-refractivity contribution < 1.29 is 4.74 Å². The first-order valence-corrected chi connectivity index (χ1v) is 9.67. The van der Waals surface area contributed by atoms with Crippen LogP contribution in [0.4, 0.5) is 0 Å². The molecule has 0 bridgehead atoms. The third-order valence-corrected chi connectivity index (χ3v) is 5.32. The van der Waals surface area contributed by atoms with Crippen molar-refractivity contribution in [3.05, 3.63) is 64.7 Å². The summed E-state index contributed by atoms with van der Waals surface area (Å²) in [7, 11) is 1.99. The van der Waals surface area contributed by atoms with Crippen molar-refractivity contribution in [1.82, 2.24) is 24.9 Å². The normalized spacial score (nSPS) is 17.5. The van der Waals surface area contributed by atoms with E-state index in [1.165, 1.54) is 5.69 Å². The SMILES string of the molecule is Cn1nccc1CN1CC[C@@H](c2cc(CCOc3cccc(Cl)c3)[nH]n2)C1. The molecule has 4 rings (SSSR count). The maximum atomic E-state index is 5.98. The highest BCUT2D eigenvalue weighted by Crippen LogP contribution is 2.27. The number of aromatic amines is 1. The molecule has 0 spiro atoms. The number of hydrogen-bond donors (Lipinski definition) is 1. The first kappa shape index (κ1) is 18.1. The van der Waals surface area contributed by atoms with Gasteiger partial charge in [0.2, 0.25) is 0 Å². The van der Waals surface area contributed by atoms with Crippen LogP contribution in [0, 0.1) is 0 Å². The summed E-state index contributed by atoms with van der Waals surface area (Å²) in [4.78, 5) is 2.47. The summed E-state index contributed by atoms with van der Waals surface area (Å²) in [5.74, 6) is 1.28. The monoisotopic (exact) mass is 385 g/mol. The van der Waals surface area contributed by atoms with E-state index in [0.29, 0.717) is 17.5 Å². The molecule has 1 fully saturated rings. The van der Waals surface area contributed by atoms with Gasteiger partial charge in [-0.3, -0.25) is 14.7 Å². The number of ether oxygens (including phenoxy) is 1. The average Bonchev–Trinajstić information content (AvgIpc) is 3.38. The number of rotatable bonds is 7. The Labute approximate surface area is 164 Å². The summed E-state index contributed by atoms with van der Waals surface area (Å²) in [6, 6.07) is 11.7. The second-order valence-corrected chi connectivity index (χ2v) is 7.48. The lowest BCUT2D eigenvalue weighted by atomic mass is 10.0. The van der Waals surface area contributed by atoms with Gasteiger partial charge in [0.25, 0.3) is 0 Å². The first-order valence-electron chi connectivity index (χ1n) is 9.29. The molecule has 1 aromatic carbocycles. The molecule has 27 heavy (non-hydrogen) atoms. The van der Waals surface area contributed by atoms with E-state index in [1.807, 2.05) is 42.2 Å². The highest BCUT2D eigenvalue weighted by molar-refractivity contribution is 6.30. The van der Waals surface area contributed by atoms with Crippen molar-refractivity contribution in [2.24, 2.45) is 7.05 Å². The van der Waals surface area contributed by atoms with Gasteiger partial charge < -0.3 is 4.74 Å². The molecule has 0 saturated carbocycles. The van der Waals surface area contributed by atoms with Gasteiger partial charge in [-0.15, -0.1) is 0 Å². The van der Waals surface area contributed by atoms with Crippen LogP contribution in [0.5, 0.6) is 5.75 Å². The van der Waals surface area contributed by atoms with Crippen LogP contribution in [-0.4, -0.2) is 44.6 Å². The highest BCUT2D eigenvalue weighted by Gasteiger charge is 2.26. The fourth-order valence-corrected chi connectivity index (χ4v) is 3.74. The van der Waals surface area contributed by atoms with Crippen LogP contribution in [0.3, 0.4) is 0 Å². The molecule has 142 valence electrons. The third-order valence-electron chi connectivity index (χ3n) is 5.09. The van der Waals surface area contributed by atoms with Gasteiger partial charge in [0.1, 0.15) is 5.75 Å². The van der Waals surface area contributed by atoms with Gasteiger partial charge in [0, 0.05) is 49.4 Å². The zero-order valence-electron chi connectivity index (χ0n) is 15.4. The Morgan fingerprint density at radius 2 is 2.22 bits per heavy atom. The molecular formula is C20H24ClN5O. The van der Waals surface area contributed by atoms with Crippen molar-refractivity contribution >= 4 is 11.6 Å². The van der Waals surface area contributed by atoms with Gasteiger partial charge in [-0.1, -0.05) is 17.7 Å². The topological polar surface area (TPSA) is 59.0 Å². The second kappa shape index (κ2) is 8.15. The van der Waals surface area contributed by atoms with E-state index in [9.17, 15) is 0 Å². The third kappa shape index (κ3) is 4.51. The van der Waals surface area contributed by atoms with Crippen molar-refractivity contribution in [2.75, 3.05) is 19.7 Å². The Bertz CT molecular complexity index is 890. The Hall–Kier alpha value is -2.31. The number of halogens is 1. The molecule has 6 nitrogen and oxygen atoms in total. The molecule has 1 N–H and O–H groups in total. The minimum atomic E-state index is 0.483. The molecule has 1 atom stereocenters.